The number of likely N-dealkylation sites (N-methyl/N-ethyl adjacent to an activating group) is 1. The van der Waals surface area contributed by atoms with Gasteiger partial charge in [-0.05, 0) is 50.7 Å². The minimum atomic E-state index is -3.71. The van der Waals surface area contributed by atoms with E-state index in [0.717, 1.165) is 28.7 Å². The minimum Gasteiger partial charge on any atom is -0.488 e. The van der Waals surface area contributed by atoms with Crippen molar-refractivity contribution in [3.05, 3.63) is 54.1 Å². The van der Waals surface area contributed by atoms with Crippen molar-refractivity contribution < 1.29 is 17.9 Å². The van der Waals surface area contributed by atoms with Crippen LogP contribution in [0.4, 0.5) is 5.69 Å². The number of hydrogen-bond donors (Lipinski definition) is 1. The van der Waals surface area contributed by atoms with Crippen LogP contribution in [-0.2, 0) is 10.0 Å². The molecule has 2 aliphatic rings. The highest BCUT2D eigenvalue weighted by molar-refractivity contribution is 7.90. The molecule has 8 heteroatoms. The van der Waals surface area contributed by atoms with Gasteiger partial charge in [0.1, 0.15) is 23.4 Å². The number of para-hydroxylation sites is 2. The number of amides is 1. The number of sulfonamides is 1. The number of nitrogens with one attached hydrogen (secondary N) is 1. The van der Waals surface area contributed by atoms with E-state index in [1.54, 1.807) is 18.2 Å². The van der Waals surface area contributed by atoms with Crippen LogP contribution in [0, 0.1) is 0 Å². The molecule has 0 radical (unpaired) electrons. The van der Waals surface area contributed by atoms with Gasteiger partial charge in [-0.3, -0.25) is 9.69 Å². The largest absolute Gasteiger partial charge is 0.488 e. The van der Waals surface area contributed by atoms with Crippen LogP contribution in [0.25, 0.3) is 0 Å². The van der Waals surface area contributed by atoms with Crippen LogP contribution in [0.2, 0.25) is 0 Å². The molecule has 7 nitrogen and oxygen atoms in total. The molecule has 2 aromatic carbocycles. The molecule has 1 N–H and O–H groups in total. The van der Waals surface area contributed by atoms with Crippen molar-refractivity contribution in [2.24, 2.45) is 0 Å². The minimum absolute atomic E-state index is 0.0521. The molecule has 148 valence electrons. The van der Waals surface area contributed by atoms with E-state index in [0.29, 0.717) is 13.0 Å². The number of unbranched alkanes of at least 4 members (excludes halogenated alkanes) is 1. The van der Waals surface area contributed by atoms with E-state index in [2.05, 4.69) is 10.2 Å². The van der Waals surface area contributed by atoms with Crippen LogP contribution in [0.5, 0.6) is 5.75 Å². The molecule has 4 rings (SSSR count). The molecule has 1 unspecified atom stereocenters. The second-order valence-electron chi connectivity index (χ2n) is 7.03. The number of hydrogen-bond acceptors (Lipinski definition) is 6. The van der Waals surface area contributed by atoms with Crippen molar-refractivity contribution in [1.29, 1.82) is 0 Å². The van der Waals surface area contributed by atoms with Crippen LogP contribution in [0.1, 0.15) is 23.2 Å². The summed E-state index contributed by atoms with van der Waals surface area (Å²) >= 11 is 0. The predicted molar refractivity (Wildman–Crippen MR) is 106 cm³/mol. The fourth-order valence-electron chi connectivity index (χ4n) is 3.56. The van der Waals surface area contributed by atoms with Gasteiger partial charge >= 0.3 is 0 Å². The molecule has 1 atom stereocenters. The third-order valence-electron chi connectivity index (χ3n) is 5.17. The van der Waals surface area contributed by atoms with Crippen LogP contribution >= 0.6 is 0 Å². The van der Waals surface area contributed by atoms with Crippen LogP contribution < -0.4 is 10.1 Å². The van der Waals surface area contributed by atoms with Crippen LogP contribution in [0.15, 0.2) is 53.4 Å². The molecule has 0 saturated carbocycles. The number of anilines is 1. The zero-order valence-electron chi connectivity index (χ0n) is 15.7. The Morgan fingerprint density at radius 1 is 1.14 bits per heavy atom. The van der Waals surface area contributed by atoms with Crippen molar-refractivity contribution in [1.82, 2.24) is 9.21 Å². The maximum Gasteiger partial charge on any atom is 0.269 e. The number of benzene rings is 2. The van der Waals surface area contributed by atoms with Gasteiger partial charge in [0.25, 0.3) is 15.9 Å². The highest BCUT2D eigenvalue weighted by Gasteiger charge is 2.40. The maximum absolute atomic E-state index is 12.6. The first-order valence-corrected chi connectivity index (χ1v) is 10.8. The third-order valence-corrected chi connectivity index (χ3v) is 7.01. The van der Waals surface area contributed by atoms with Gasteiger partial charge in [-0.2, -0.15) is 0 Å². The number of carbonyl (C=O) groups is 1. The van der Waals surface area contributed by atoms with Gasteiger partial charge in [-0.1, -0.05) is 24.3 Å². The number of fused-ring (bicyclic) bond motifs is 2. The molecule has 0 fully saturated rings. The number of ether oxygens (including phenoxy) is 1. The van der Waals surface area contributed by atoms with Crippen LogP contribution in [0.3, 0.4) is 0 Å². The van der Waals surface area contributed by atoms with E-state index >= 15 is 0 Å². The lowest BCUT2D eigenvalue weighted by molar-refractivity contribution is 0.0868. The lowest BCUT2D eigenvalue weighted by Gasteiger charge is -2.34. The van der Waals surface area contributed by atoms with Gasteiger partial charge in [-0.15, -0.1) is 0 Å². The first kappa shape index (κ1) is 18.8. The fourth-order valence-corrected chi connectivity index (χ4v) is 5.17. The summed E-state index contributed by atoms with van der Waals surface area (Å²) in [7, 11) is -1.71. The van der Waals surface area contributed by atoms with Gasteiger partial charge in [0.2, 0.25) is 0 Å². The molecule has 2 aliphatic heterocycles. The molecule has 0 spiro atoms. The summed E-state index contributed by atoms with van der Waals surface area (Å²) < 4.78 is 31.9. The van der Waals surface area contributed by atoms with Crippen molar-refractivity contribution in [3.8, 4) is 5.75 Å². The number of rotatable bonds is 6. The van der Waals surface area contributed by atoms with Crippen molar-refractivity contribution >= 4 is 21.6 Å². The quantitative estimate of drug-likeness (QED) is 0.749. The molecule has 0 bridgehead atoms. The first-order valence-electron chi connectivity index (χ1n) is 9.33. The van der Waals surface area contributed by atoms with E-state index in [-0.39, 0.29) is 23.2 Å². The molecular formula is C20H23N3O4S. The third kappa shape index (κ3) is 3.33. The Balaban J connectivity index is 1.29. The standard InChI is InChI=1S/C20H23N3O4S/c1-22(19-14-27-17-10-4-3-9-16(17)21-19)12-6-7-13-23-20(24)15-8-2-5-11-18(15)28(23,25)26/h2-5,8-11,19,21H,6-7,12-14H2,1H3. The Morgan fingerprint density at radius 3 is 2.71 bits per heavy atom. The average Bonchev–Trinajstić information content (AvgIpc) is 2.91. The summed E-state index contributed by atoms with van der Waals surface area (Å²) in [5.41, 5.74) is 1.24. The zero-order valence-corrected chi connectivity index (χ0v) is 16.5. The Bertz CT molecular complexity index is 992. The predicted octanol–water partition coefficient (Wildman–Crippen LogP) is 2.37. The van der Waals surface area contributed by atoms with Gasteiger partial charge in [-0.25, -0.2) is 12.7 Å². The lowest BCUT2D eigenvalue weighted by Crippen LogP contribution is -2.45. The summed E-state index contributed by atoms with van der Waals surface area (Å²) in [6, 6.07) is 14.2. The Morgan fingerprint density at radius 2 is 1.89 bits per heavy atom. The monoisotopic (exact) mass is 401 g/mol. The SMILES string of the molecule is CN(CCCCN1C(=O)c2ccccc2S1(=O)=O)C1COc2ccccc2N1. The van der Waals surface area contributed by atoms with Gasteiger partial charge in [0.15, 0.2) is 0 Å². The Hall–Kier alpha value is -2.58. The average molecular weight is 401 g/mol. The number of nitrogens with zero attached hydrogens (tertiary/aromatic N) is 2. The smallest absolute Gasteiger partial charge is 0.269 e. The summed E-state index contributed by atoms with van der Waals surface area (Å²) in [6.07, 6.45) is 1.43. The molecule has 2 aromatic rings. The summed E-state index contributed by atoms with van der Waals surface area (Å²) in [4.78, 5) is 14.7. The second-order valence-corrected chi connectivity index (χ2v) is 8.86. The Labute approximate surface area is 165 Å². The number of carbonyl (C=O) groups excluding carboxylic acids is 1. The summed E-state index contributed by atoms with van der Waals surface area (Å²) in [6.45, 7) is 1.50. The van der Waals surface area contributed by atoms with Gasteiger partial charge < -0.3 is 10.1 Å². The van der Waals surface area contributed by atoms with Gasteiger partial charge in [0.05, 0.1) is 11.3 Å². The maximum atomic E-state index is 12.6. The lowest BCUT2D eigenvalue weighted by atomic mass is 10.2. The van der Waals surface area contributed by atoms with Gasteiger partial charge in [0, 0.05) is 6.54 Å². The van der Waals surface area contributed by atoms with Crippen molar-refractivity contribution in [3.63, 3.8) is 0 Å². The first-order chi connectivity index (χ1) is 13.5. The highest BCUT2D eigenvalue weighted by atomic mass is 32.2. The molecule has 0 aromatic heterocycles. The second kappa shape index (κ2) is 7.44. The Kier molecular flexibility index (Phi) is 4.99. The van der Waals surface area contributed by atoms with E-state index < -0.39 is 15.9 Å². The summed E-state index contributed by atoms with van der Waals surface area (Å²) in [5, 5.41) is 3.45. The van der Waals surface area contributed by atoms with Crippen molar-refractivity contribution in [2.45, 2.75) is 23.9 Å². The molecule has 2 heterocycles. The topological polar surface area (TPSA) is 79.0 Å². The van der Waals surface area contributed by atoms with E-state index in [9.17, 15) is 13.2 Å². The van der Waals surface area contributed by atoms with E-state index in [1.165, 1.54) is 6.07 Å². The molecule has 1 amide bonds. The van der Waals surface area contributed by atoms with E-state index in [4.69, 9.17) is 4.74 Å². The van der Waals surface area contributed by atoms with E-state index in [1.807, 2.05) is 31.3 Å². The zero-order chi connectivity index (χ0) is 19.7. The molecule has 0 saturated heterocycles. The normalized spacial score (nSPS) is 19.7. The molecule has 0 aliphatic carbocycles. The van der Waals surface area contributed by atoms with Crippen molar-refractivity contribution in [2.75, 3.05) is 32.1 Å². The molecular weight excluding hydrogens is 378 g/mol. The fraction of sp³-hybridized carbons (Fsp3) is 0.350. The molecule has 28 heavy (non-hydrogen) atoms. The van der Waals surface area contributed by atoms with Crippen LogP contribution in [-0.4, -0.2) is 56.4 Å². The summed E-state index contributed by atoms with van der Waals surface area (Å²) in [5.74, 6) is 0.423. The highest BCUT2D eigenvalue weighted by Crippen LogP contribution is 2.30.